The van der Waals surface area contributed by atoms with E-state index in [1.54, 1.807) is 45.9 Å². The molecule has 0 saturated heterocycles. The van der Waals surface area contributed by atoms with Gasteiger partial charge in [0.25, 0.3) is 0 Å². The second kappa shape index (κ2) is 14.1. The van der Waals surface area contributed by atoms with Gasteiger partial charge in [-0.25, -0.2) is 4.79 Å². The van der Waals surface area contributed by atoms with Crippen molar-refractivity contribution in [2.24, 2.45) is 5.73 Å². The van der Waals surface area contributed by atoms with Crippen LogP contribution in [0.15, 0.2) is 30.9 Å². The van der Waals surface area contributed by atoms with Crippen molar-refractivity contribution in [3.8, 4) is 5.75 Å². The fourth-order valence-corrected chi connectivity index (χ4v) is 3.49. The summed E-state index contributed by atoms with van der Waals surface area (Å²) in [6.45, 7) is 12.7. The van der Waals surface area contributed by atoms with Gasteiger partial charge < -0.3 is 31.1 Å². The van der Waals surface area contributed by atoms with Crippen molar-refractivity contribution in [2.45, 2.75) is 78.0 Å². The van der Waals surface area contributed by atoms with Gasteiger partial charge in [-0.1, -0.05) is 37.6 Å². The number of alkyl carbamates (subject to hydrolysis) is 1. The van der Waals surface area contributed by atoms with E-state index in [0.717, 1.165) is 12.8 Å². The van der Waals surface area contributed by atoms with Crippen molar-refractivity contribution in [2.75, 3.05) is 13.1 Å². The smallest absolute Gasteiger partial charge is 0.408 e. The average Bonchev–Trinajstić information content (AvgIpc) is 2.77. The van der Waals surface area contributed by atoms with E-state index in [2.05, 4.69) is 17.2 Å². The summed E-state index contributed by atoms with van der Waals surface area (Å²) in [6.07, 6.45) is 1.88. The molecule has 2 atom stereocenters. The first-order valence-corrected chi connectivity index (χ1v) is 12.1. The summed E-state index contributed by atoms with van der Waals surface area (Å²) in [5.74, 6) is -1.92. The fourth-order valence-electron chi connectivity index (χ4n) is 3.49. The van der Waals surface area contributed by atoms with Gasteiger partial charge in [0.1, 0.15) is 23.4 Å². The number of nitrogens with two attached hydrogens (primary N) is 1. The molecular weight excluding hydrogens is 464 g/mol. The van der Waals surface area contributed by atoms with Gasteiger partial charge in [-0.3, -0.25) is 14.4 Å². The molecule has 0 radical (unpaired) electrons. The zero-order chi connectivity index (χ0) is 27.5. The summed E-state index contributed by atoms with van der Waals surface area (Å²) >= 11 is 0. The molecule has 0 aliphatic rings. The van der Waals surface area contributed by atoms with E-state index in [0.29, 0.717) is 12.1 Å². The van der Waals surface area contributed by atoms with Gasteiger partial charge in [-0.05, 0) is 46.1 Å². The maximum Gasteiger partial charge on any atom is 0.408 e. The lowest BCUT2D eigenvalue weighted by Gasteiger charge is -2.34. The number of nitrogens with one attached hydrogen (secondary N) is 2. The van der Waals surface area contributed by atoms with Crippen LogP contribution in [0.5, 0.6) is 5.75 Å². The number of carbonyl (C=O) groups excluding carboxylic acids is 4. The second-order valence-corrected chi connectivity index (χ2v) is 9.54. The second-order valence-electron chi connectivity index (χ2n) is 9.54. The molecule has 2 unspecified atom stereocenters. The lowest BCUT2D eigenvalue weighted by molar-refractivity contribution is -0.142. The van der Waals surface area contributed by atoms with Gasteiger partial charge in [-0.15, -0.1) is 6.58 Å². The van der Waals surface area contributed by atoms with Gasteiger partial charge in [-0.2, -0.15) is 0 Å². The molecule has 5 N–H and O–H groups in total. The Bertz CT molecular complexity index is 941. The number of benzene rings is 1. The van der Waals surface area contributed by atoms with Crippen LogP contribution in [0.4, 0.5) is 4.79 Å². The van der Waals surface area contributed by atoms with Crippen LogP contribution in [-0.4, -0.2) is 58.6 Å². The number of para-hydroxylation sites is 1. The van der Waals surface area contributed by atoms with E-state index >= 15 is 0 Å². The molecule has 0 aromatic heterocycles. The SMILES string of the molecule is C=CCN(C(=O)C(CCC(N)=O)NC(=O)OC(C)(C)C)C(C(=O)NCCCC)c1cccc(C)c1O. The quantitative estimate of drug-likeness (QED) is 0.240. The molecule has 0 saturated carbocycles. The molecule has 0 bridgehead atoms. The molecule has 0 aliphatic carbocycles. The third-order valence-electron chi connectivity index (χ3n) is 5.23. The minimum Gasteiger partial charge on any atom is -0.507 e. The summed E-state index contributed by atoms with van der Waals surface area (Å²) < 4.78 is 5.28. The Morgan fingerprint density at radius 1 is 1.25 bits per heavy atom. The van der Waals surface area contributed by atoms with Crippen LogP contribution in [0.2, 0.25) is 0 Å². The van der Waals surface area contributed by atoms with Gasteiger partial charge in [0.2, 0.25) is 17.7 Å². The predicted octanol–water partition coefficient (Wildman–Crippen LogP) is 2.83. The van der Waals surface area contributed by atoms with Crippen molar-refractivity contribution < 1.29 is 29.0 Å². The van der Waals surface area contributed by atoms with Crippen LogP contribution in [-0.2, 0) is 19.1 Å². The number of hydrogen-bond acceptors (Lipinski definition) is 6. The van der Waals surface area contributed by atoms with Gasteiger partial charge in [0.15, 0.2) is 0 Å². The van der Waals surface area contributed by atoms with Crippen LogP contribution in [0, 0.1) is 6.92 Å². The third-order valence-corrected chi connectivity index (χ3v) is 5.23. The highest BCUT2D eigenvalue weighted by Gasteiger charge is 2.37. The molecule has 0 aliphatic heterocycles. The van der Waals surface area contributed by atoms with Crippen molar-refractivity contribution in [1.82, 2.24) is 15.5 Å². The molecule has 10 heteroatoms. The number of phenolic OH excluding ortho intramolecular Hbond substituents is 1. The first-order valence-electron chi connectivity index (χ1n) is 12.1. The molecule has 0 spiro atoms. The predicted molar refractivity (Wildman–Crippen MR) is 137 cm³/mol. The fraction of sp³-hybridized carbons (Fsp3) is 0.538. The van der Waals surface area contributed by atoms with Gasteiger partial charge >= 0.3 is 6.09 Å². The number of rotatable bonds is 13. The normalized spacial score (nSPS) is 12.7. The Kier molecular flexibility index (Phi) is 11.9. The zero-order valence-electron chi connectivity index (χ0n) is 21.9. The van der Waals surface area contributed by atoms with Crippen molar-refractivity contribution >= 4 is 23.8 Å². The summed E-state index contributed by atoms with van der Waals surface area (Å²) in [5, 5.41) is 16.1. The molecule has 1 aromatic carbocycles. The van der Waals surface area contributed by atoms with E-state index in [-0.39, 0.29) is 30.7 Å². The number of phenols is 1. The Morgan fingerprint density at radius 3 is 2.47 bits per heavy atom. The standard InChI is InChI=1S/C26H40N4O6/c1-7-9-15-28-23(33)21(18-12-10-11-17(3)22(18)32)30(16-8-2)24(34)19(13-14-20(27)31)29-25(35)36-26(4,5)6/h8,10-12,19,21,32H,2,7,9,13-16H2,1,3-6H3,(H2,27,31)(H,28,33)(H,29,35). The highest BCUT2D eigenvalue weighted by molar-refractivity contribution is 5.93. The monoisotopic (exact) mass is 504 g/mol. The minimum absolute atomic E-state index is 0.0683. The molecule has 1 rings (SSSR count). The van der Waals surface area contributed by atoms with Crippen LogP contribution in [0.3, 0.4) is 0 Å². The summed E-state index contributed by atoms with van der Waals surface area (Å²) in [6, 6.07) is 2.49. The van der Waals surface area contributed by atoms with Crippen molar-refractivity contribution in [3.63, 3.8) is 0 Å². The number of ether oxygens (including phenoxy) is 1. The van der Waals surface area contributed by atoms with E-state index in [9.17, 15) is 24.3 Å². The Morgan fingerprint density at radius 2 is 1.92 bits per heavy atom. The number of unbranched alkanes of at least 4 members (excludes halogenated alkanes) is 1. The maximum absolute atomic E-state index is 13.8. The van der Waals surface area contributed by atoms with E-state index in [1.807, 2.05) is 6.92 Å². The first kappa shape index (κ1) is 30.5. The maximum atomic E-state index is 13.8. The number of aromatic hydroxyl groups is 1. The topological polar surface area (TPSA) is 151 Å². The summed E-state index contributed by atoms with van der Waals surface area (Å²) in [4.78, 5) is 52.3. The summed E-state index contributed by atoms with van der Waals surface area (Å²) in [7, 11) is 0. The molecule has 4 amide bonds. The number of nitrogens with zero attached hydrogens (tertiary/aromatic N) is 1. The molecule has 200 valence electrons. The lowest BCUT2D eigenvalue weighted by Crippen LogP contribution is -2.53. The molecule has 1 aromatic rings. The van der Waals surface area contributed by atoms with E-state index in [4.69, 9.17) is 10.5 Å². The molecule has 0 heterocycles. The Hall–Kier alpha value is -3.56. The number of aryl methyl sites for hydroxylation is 1. The third kappa shape index (κ3) is 9.59. The molecule has 36 heavy (non-hydrogen) atoms. The number of carbonyl (C=O) groups is 4. The van der Waals surface area contributed by atoms with E-state index in [1.165, 1.54) is 11.0 Å². The van der Waals surface area contributed by atoms with Crippen molar-refractivity contribution in [1.29, 1.82) is 0 Å². The molecular formula is C26H40N4O6. The highest BCUT2D eigenvalue weighted by atomic mass is 16.6. The van der Waals surface area contributed by atoms with Crippen LogP contribution in [0.1, 0.15) is 70.5 Å². The van der Waals surface area contributed by atoms with Crippen LogP contribution in [0.25, 0.3) is 0 Å². The first-order chi connectivity index (χ1) is 16.8. The zero-order valence-corrected chi connectivity index (χ0v) is 21.9. The van der Waals surface area contributed by atoms with Crippen LogP contribution < -0.4 is 16.4 Å². The minimum atomic E-state index is -1.22. The summed E-state index contributed by atoms with van der Waals surface area (Å²) in [5.41, 5.74) is 5.23. The number of hydrogen-bond donors (Lipinski definition) is 4. The number of primary amides is 1. The van der Waals surface area contributed by atoms with Crippen molar-refractivity contribution in [3.05, 3.63) is 42.0 Å². The Labute approximate surface area is 213 Å². The van der Waals surface area contributed by atoms with E-state index < -0.39 is 41.5 Å². The lowest BCUT2D eigenvalue weighted by atomic mass is 9.98. The van der Waals surface area contributed by atoms with Gasteiger partial charge in [0, 0.05) is 25.1 Å². The molecule has 10 nitrogen and oxygen atoms in total. The average molecular weight is 505 g/mol. The Balaban J connectivity index is 3.48. The molecule has 0 fully saturated rings. The largest absolute Gasteiger partial charge is 0.507 e. The number of amides is 4. The highest BCUT2D eigenvalue weighted by Crippen LogP contribution is 2.32. The van der Waals surface area contributed by atoms with Crippen LogP contribution >= 0.6 is 0 Å². The van der Waals surface area contributed by atoms with Gasteiger partial charge in [0.05, 0.1) is 0 Å².